The molecule has 1 aliphatic heterocycles. The van der Waals surface area contributed by atoms with E-state index < -0.39 is 0 Å². The van der Waals surface area contributed by atoms with Gasteiger partial charge in [0.05, 0.1) is 18.2 Å². The minimum absolute atomic E-state index is 0.160. The average Bonchev–Trinajstić information content (AvgIpc) is 3.20. The van der Waals surface area contributed by atoms with Gasteiger partial charge in [0.15, 0.2) is 0 Å². The zero-order valence-corrected chi connectivity index (χ0v) is 13.4. The third-order valence-electron chi connectivity index (χ3n) is 4.36. The Balaban J connectivity index is 1.49. The lowest BCUT2D eigenvalue weighted by molar-refractivity contribution is 0.249. The standard InChI is InChI=1S/C17H23N5O/c1-22-9-3-6-15(22)7-8-19-17(23)21-14-5-2-4-13(10-14)16-11-18-12-20-16/h2,4-5,10-12,15H,3,6-9H2,1H3,(H,18,20)(H2,19,21,23). The van der Waals surface area contributed by atoms with Crippen LogP contribution in [0.1, 0.15) is 19.3 Å². The fourth-order valence-corrected chi connectivity index (χ4v) is 3.05. The molecular weight excluding hydrogens is 290 g/mol. The molecule has 23 heavy (non-hydrogen) atoms. The fraction of sp³-hybridized carbons (Fsp3) is 0.412. The number of hydrogen-bond donors (Lipinski definition) is 3. The van der Waals surface area contributed by atoms with E-state index in [0.717, 1.165) is 29.9 Å². The SMILES string of the molecule is CN1CCCC1CCNC(=O)Nc1cccc(-c2cnc[nH]2)c1. The monoisotopic (exact) mass is 313 g/mol. The quantitative estimate of drug-likeness (QED) is 0.794. The van der Waals surface area contributed by atoms with Crippen molar-refractivity contribution in [3.63, 3.8) is 0 Å². The van der Waals surface area contributed by atoms with Crippen LogP contribution in [-0.4, -0.2) is 47.1 Å². The number of urea groups is 1. The number of imidazole rings is 1. The number of carbonyl (C=O) groups is 1. The van der Waals surface area contributed by atoms with Gasteiger partial charge in [0.1, 0.15) is 0 Å². The van der Waals surface area contributed by atoms with Crippen LogP contribution < -0.4 is 10.6 Å². The highest BCUT2D eigenvalue weighted by molar-refractivity contribution is 5.89. The zero-order chi connectivity index (χ0) is 16.1. The normalized spacial score (nSPS) is 18.0. The molecule has 2 amide bonds. The van der Waals surface area contributed by atoms with Crippen molar-refractivity contribution in [3.05, 3.63) is 36.8 Å². The van der Waals surface area contributed by atoms with Crippen LogP contribution >= 0.6 is 0 Å². The van der Waals surface area contributed by atoms with Crippen LogP contribution in [0.5, 0.6) is 0 Å². The van der Waals surface area contributed by atoms with Crippen molar-refractivity contribution in [1.82, 2.24) is 20.2 Å². The zero-order valence-electron chi connectivity index (χ0n) is 13.4. The number of anilines is 1. The predicted octanol–water partition coefficient (Wildman–Crippen LogP) is 2.68. The van der Waals surface area contributed by atoms with Crippen LogP contribution in [0, 0.1) is 0 Å². The maximum absolute atomic E-state index is 12.0. The molecule has 122 valence electrons. The first-order valence-corrected chi connectivity index (χ1v) is 8.06. The summed E-state index contributed by atoms with van der Waals surface area (Å²) in [4.78, 5) is 21.5. The molecule has 6 heteroatoms. The molecule has 3 rings (SSSR count). The Morgan fingerprint density at radius 3 is 3.13 bits per heavy atom. The minimum Gasteiger partial charge on any atom is -0.345 e. The van der Waals surface area contributed by atoms with Crippen LogP contribution in [0.4, 0.5) is 10.5 Å². The van der Waals surface area contributed by atoms with Crippen LogP contribution in [0.25, 0.3) is 11.3 Å². The highest BCUT2D eigenvalue weighted by Gasteiger charge is 2.20. The number of benzene rings is 1. The first-order valence-electron chi connectivity index (χ1n) is 8.06. The summed E-state index contributed by atoms with van der Waals surface area (Å²) in [5.74, 6) is 0. The molecule has 0 spiro atoms. The van der Waals surface area contributed by atoms with Crippen molar-refractivity contribution in [3.8, 4) is 11.3 Å². The number of aromatic amines is 1. The molecule has 1 fully saturated rings. The minimum atomic E-state index is -0.160. The second-order valence-corrected chi connectivity index (χ2v) is 5.99. The molecule has 1 unspecified atom stereocenters. The van der Waals surface area contributed by atoms with E-state index in [1.165, 1.54) is 12.8 Å². The predicted molar refractivity (Wildman–Crippen MR) is 91.3 cm³/mol. The lowest BCUT2D eigenvalue weighted by Crippen LogP contribution is -2.34. The highest BCUT2D eigenvalue weighted by atomic mass is 16.2. The van der Waals surface area contributed by atoms with Gasteiger partial charge in [0.25, 0.3) is 0 Å². The molecular formula is C17H23N5O. The Bertz CT molecular complexity index is 640. The van der Waals surface area contributed by atoms with Crippen molar-refractivity contribution < 1.29 is 4.79 Å². The fourth-order valence-electron chi connectivity index (χ4n) is 3.05. The number of aromatic nitrogens is 2. The molecule has 1 aromatic heterocycles. The molecule has 0 saturated carbocycles. The molecule has 0 aliphatic carbocycles. The van der Waals surface area contributed by atoms with E-state index in [-0.39, 0.29) is 6.03 Å². The second kappa shape index (κ2) is 7.28. The Morgan fingerprint density at radius 1 is 1.48 bits per heavy atom. The van der Waals surface area contributed by atoms with Gasteiger partial charge in [-0.1, -0.05) is 12.1 Å². The molecule has 0 bridgehead atoms. The van der Waals surface area contributed by atoms with Crippen LogP contribution in [0.15, 0.2) is 36.8 Å². The van der Waals surface area contributed by atoms with Crippen LogP contribution in [-0.2, 0) is 0 Å². The summed E-state index contributed by atoms with van der Waals surface area (Å²) in [5, 5.41) is 5.82. The summed E-state index contributed by atoms with van der Waals surface area (Å²) in [6.07, 6.45) is 6.89. The lowest BCUT2D eigenvalue weighted by Gasteiger charge is -2.19. The van der Waals surface area contributed by atoms with Gasteiger partial charge in [-0.05, 0) is 45.0 Å². The molecule has 3 N–H and O–H groups in total. The summed E-state index contributed by atoms with van der Waals surface area (Å²) >= 11 is 0. The Hall–Kier alpha value is -2.34. The summed E-state index contributed by atoms with van der Waals surface area (Å²) in [6, 6.07) is 8.14. The Kier molecular flexibility index (Phi) is 4.92. The van der Waals surface area contributed by atoms with Crippen molar-refractivity contribution in [2.45, 2.75) is 25.3 Å². The largest absolute Gasteiger partial charge is 0.345 e. The van der Waals surface area contributed by atoms with E-state index in [2.05, 4.69) is 32.5 Å². The number of H-pyrrole nitrogens is 1. The van der Waals surface area contributed by atoms with Crippen LogP contribution in [0.3, 0.4) is 0 Å². The van der Waals surface area contributed by atoms with E-state index in [1.807, 2.05) is 24.3 Å². The van der Waals surface area contributed by atoms with E-state index in [9.17, 15) is 4.79 Å². The van der Waals surface area contributed by atoms with Gasteiger partial charge >= 0.3 is 6.03 Å². The van der Waals surface area contributed by atoms with Gasteiger partial charge in [-0.25, -0.2) is 9.78 Å². The van der Waals surface area contributed by atoms with Crippen molar-refractivity contribution in [1.29, 1.82) is 0 Å². The lowest BCUT2D eigenvalue weighted by atomic mass is 10.1. The number of nitrogens with one attached hydrogen (secondary N) is 3. The molecule has 0 radical (unpaired) electrons. The molecule has 1 atom stereocenters. The molecule has 1 aliphatic rings. The van der Waals surface area contributed by atoms with Gasteiger partial charge < -0.3 is 20.5 Å². The number of hydrogen-bond acceptors (Lipinski definition) is 3. The van der Waals surface area contributed by atoms with E-state index in [1.54, 1.807) is 12.5 Å². The molecule has 2 aromatic rings. The molecule has 1 saturated heterocycles. The maximum atomic E-state index is 12.0. The number of amides is 2. The summed E-state index contributed by atoms with van der Waals surface area (Å²) in [7, 11) is 2.15. The third-order valence-corrected chi connectivity index (χ3v) is 4.36. The average molecular weight is 313 g/mol. The van der Waals surface area contributed by atoms with E-state index in [0.29, 0.717) is 12.6 Å². The second-order valence-electron chi connectivity index (χ2n) is 5.99. The smallest absolute Gasteiger partial charge is 0.319 e. The van der Waals surface area contributed by atoms with Crippen molar-refractivity contribution >= 4 is 11.7 Å². The summed E-state index contributed by atoms with van der Waals surface area (Å²) < 4.78 is 0. The number of nitrogens with zero attached hydrogens (tertiary/aromatic N) is 2. The molecule has 1 aromatic carbocycles. The highest BCUT2D eigenvalue weighted by Crippen LogP contribution is 2.20. The Labute approximate surface area is 136 Å². The molecule has 6 nitrogen and oxygen atoms in total. The van der Waals surface area contributed by atoms with Crippen LogP contribution in [0.2, 0.25) is 0 Å². The summed E-state index contributed by atoms with van der Waals surface area (Å²) in [5.41, 5.74) is 2.69. The summed E-state index contributed by atoms with van der Waals surface area (Å²) in [6.45, 7) is 1.86. The first kappa shape index (κ1) is 15.6. The van der Waals surface area contributed by atoms with Gasteiger partial charge in [-0.15, -0.1) is 0 Å². The third kappa shape index (κ3) is 4.10. The van der Waals surface area contributed by atoms with Gasteiger partial charge in [-0.3, -0.25) is 0 Å². The molecule has 2 heterocycles. The van der Waals surface area contributed by atoms with Crippen molar-refractivity contribution in [2.75, 3.05) is 25.5 Å². The van der Waals surface area contributed by atoms with Gasteiger partial charge in [0.2, 0.25) is 0 Å². The Morgan fingerprint density at radius 2 is 2.39 bits per heavy atom. The van der Waals surface area contributed by atoms with Gasteiger partial charge in [0, 0.05) is 23.8 Å². The topological polar surface area (TPSA) is 73.1 Å². The van der Waals surface area contributed by atoms with E-state index >= 15 is 0 Å². The van der Waals surface area contributed by atoms with Crippen molar-refractivity contribution in [2.24, 2.45) is 0 Å². The van der Waals surface area contributed by atoms with Gasteiger partial charge in [-0.2, -0.15) is 0 Å². The number of rotatable bonds is 5. The number of carbonyl (C=O) groups excluding carboxylic acids is 1. The van der Waals surface area contributed by atoms with E-state index in [4.69, 9.17) is 0 Å². The first-order chi connectivity index (χ1) is 11.2. The number of likely N-dealkylation sites (tertiary alicyclic amines) is 1. The maximum Gasteiger partial charge on any atom is 0.319 e.